The van der Waals surface area contributed by atoms with E-state index in [1.165, 1.54) is 18.2 Å². The lowest BCUT2D eigenvalue weighted by Gasteiger charge is -2.21. The maximum Gasteiger partial charge on any atom is 0.332 e. The quantitative estimate of drug-likeness (QED) is 0.0714. The number of rotatable bonds is 15. The third-order valence-corrected chi connectivity index (χ3v) is 5.26. The van der Waals surface area contributed by atoms with Gasteiger partial charge in [0.05, 0.1) is 19.8 Å². The zero-order chi connectivity index (χ0) is 27.6. The number of ether oxygens (including phenoxy) is 3. The molecule has 0 aromatic rings. The lowest BCUT2D eigenvalue weighted by molar-refractivity contribution is -0.150. The monoisotopic (exact) mass is 527 g/mol. The summed E-state index contributed by atoms with van der Waals surface area (Å²) in [6, 6.07) is 0. The number of nitrogens with one attached hydrogen (secondary N) is 3. The Morgan fingerprint density at radius 1 is 0.622 bits per heavy atom. The van der Waals surface area contributed by atoms with Crippen molar-refractivity contribution in [2.24, 2.45) is 0 Å². The molecule has 0 aliphatic heterocycles. The van der Waals surface area contributed by atoms with Gasteiger partial charge in [0.25, 0.3) is 0 Å². The molecule has 0 aromatic carbocycles. The van der Waals surface area contributed by atoms with Gasteiger partial charge in [0.15, 0.2) is 0 Å². The Labute approximate surface area is 217 Å². The van der Waals surface area contributed by atoms with Crippen molar-refractivity contribution < 1.29 is 43.9 Å². The van der Waals surface area contributed by atoms with Gasteiger partial charge in [-0.3, -0.25) is 0 Å². The minimum absolute atomic E-state index is 0.0777. The number of carbonyl (C=O) groups is 3. The first-order valence-corrected chi connectivity index (χ1v) is 12.4. The van der Waals surface area contributed by atoms with Crippen LogP contribution in [0, 0.1) is 0 Å². The van der Waals surface area contributed by atoms with E-state index in [1.807, 2.05) is 0 Å². The molecule has 2 unspecified atom stereocenters. The van der Waals surface area contributed by atoms with Gasteiger partial charge in [0, 0.05) is 67.8 Å². The molecule has 0 radical (unpaired) electrons. The first-order chi connectivity index (χ1) is 17.7. The van der Waals surface area contributed by atoms with Crippen molar-refractivity contribution in [1.29, 1.82) is 0 Å². The van der Waals surface area contributed by atoms with Crippen molar-refractivity contribution >= 4 is 17.9 Å². The lowest BCUT2D eigenvalue weighted by Crippen LogP contribution is -2.28. The zero-order valence-electron chi connectivity index (χ0n) is 21.8. The van der Waals surface area contributed by atoms with Crippen molar-refractivity contribution in [2.45, 2.75) is 64.8 Å². The first-order valence-electron chi connectivity index (χ1n) is 12.4. The summed E-state index contributed by atoms with van der Waals surface area (Å²) in [6.45, 7) is 5.66. The summed E-state index contributed by atoms with van der Waals surface area (Å²) >= 11 is 0. The number of aliphatic hydroxyl groups excluding tert-OH is 3. The Hall–Kier alpha value is -3.09. The average Bonchev–Trinajstić information content (AvgIpc) is 3.00. The van der Waals surface area contributed by atoms with Gasteiger partial charge in [-0.25, -0.2) is 14.4 Å². The molecule has 1 fully saturated rings. The molecule has 0 aromatic heterocycles. The Morgan fingerprint density at radius 2 is 0.919 bits per heavy atom. The van der Waals surface area contributed by atoms with Gasteiger partial charge in [-0.05, 0) is 33.6 Å². The molecule has 1 saturated carbocycles. The summed E-state index contributed by atoms with van der Waals surface area (Å²) in [7, 11) is 0. The third-order valence-electron chi connectivity index (χ3n) is 5.26. The molecule has 0 heterocycles. The maximum atomic E-state index is 12.5. The fourth-order valence-corrected chi connectivity index (χ4v) is 3.64. The van der Waals surface area contributed by atoms with Gasteiger partial charge in [-0.2, -0.15) is 0 Å². The summed E-state index contributed by atoms with van der Waals surface area (Å²) in [4.78, 5) is 37.2. The number of esters is 3. The Bertz CT molecular complexity index is 778. The largest absolute Gasteiger partial charge is 0.459 e. The molecular formula is C25H41N3O9. The summed E-state index contributed by atoms with van der Waals surface area (Å²) in [5.41, 5.74) is 1.59. The first kappa shape index (κ1) is 31.9. The van der Waals surface area contributed by atoms with Crippen LogP contribution in [0.2, 0.25) is 0 Å². The van der Waals surface area contributed by atoms with E-state index in [0.717, 1.165) is 0 Å². The van der Waals surface area contributed by atoms with E-state index in [0.29, 0.717) is 43.0 Å². The van der Waals surface area contributed by atoms with E-state index >= 15 is 0 Å². The molecule has 0 bridgehead atoms. The van der Waals surface area contributed by atoms with Crippen LogP contribution in [0.15, 0.2) is 35.3 Å². The smallest absolute Gasteiger partial charge is 0.332 e. The van der Waals surface area contributed by atoms with E-state index in [-0.39, 0.29) is 39.2 Å². The molecular weight excluding hydrogens is 486 g/mol. The van der Waals surface area contributed by atoms with Gasteiger partial charge in [-0.15, -0.1) is 0 Å². The Balaban J connectivity index is 2.91. The van der Waals surface area contributed by atoms with Crippen molar-refractivity contribution in [1.82, 2.24) is 16.0 Å². The molecule has 1 rings (SSSR count). The van der Waals surface area contributed by atoms with E-state index in [1.54, 1.807) is 20.8 Å². The van der Waals surface area contributed by atoms with Crippen LogP contribution in [-0.2, 0) is 28.6 Å². The highest BCUT2D eigenvalue weighted by Crippen LogP contribution is 2.26. The molecule has 12 heteroatoms. The standard InChI is InChI=1S/C25H41N3O9/c1-17(26-6-9-29)12-23(32)35-20-4-5-21(36-24(33)13-18(2)27-7-10-30)16-22(15-20)37-25(34)14-19(3)28-8-11-31/h12-14,20-22,26-31H,4-11,15-16H2,1-3H3/b17-12-,18-13-,19-14-. The molecule has 0 spiro atoms. The molecule has 1 aliphatic rings. The fraction of sp³-hybridized carbons (Fsp3) is 0.640. The van der Waals surface area contributed by atoms with Crippen molar-refractivity contribution in [3.8, 4) is 0 Å². The topological polar surface area (TPSA) is 176 Å². The van der Waals surface area contributed by atoms with Crippen LogP contribution in [-0.4, -0.2) is 91.0 Å². The number of carbonyl (C=O) groups excluding carboxylic acids is 3. The van der Waals surface area contributed by atoms with Crippen molar-refractivity contribution in [3.05, 3.63) is 35.3 Å². The van der Waals surface area contributed by atoms with Crippen LogP contribution in [0.1, 0.15) is 46.5 Å². The predicted molar refractivity (Wildman–Crippen MR) is 135 cm³/mol. The molecule has 12 nitrogen and oxygen atoms in total. The second-order valence-corrected chi connectivity index (χ2v) is 8.66. The summed E-state index contributed by atoms with van der Waals surface area (Å²) in [5, 5.41) is 35.3. The van der Waals surface area contributed by atoms with E-state index in [9.17, 15) is 14.4 Å². The van der Waals surface area contributed by atoms with Crippen LogP contribution in [0.5, 0.6) is 0 Å². The van der Waals surface area contributed by atoms with Crippen LogP contribution < -0.4 is 16.0 Å². The highest BCUT2D eigenvalue weighted by Gasteiger charge is 2.31. The molecule has 2 atom stereocenters. The minimum Gasteiger partial charge on any atom is -0.459 e. The third kappa shape index (κ3) is 14.9. The SMILES string of the molecule is C/C(=C/C(=O)OC1CCC(OC(=O)/C=C(/C)NCCO)CC(OC(=O)/C=C(/C)NCCO)C1)NCCO. The Kier molecular flexibility index (Phi) is 15.7. The average molecular weight is 528 g/mol. The summed E-state index contributed by atoms with van der Waals surface area (Å²) < 4.78 is 16.8. The number of hydrogen-bond donors (Lipinski definition) is 6. The highest BCUT2D eigenvalue weighted by atomic mass is 16.6. The van der Waals surface area contributed by atoms with Gasteiger partial charge < -0.3 is 45.5 Å². The van der Waals surface area contributed by atoms with Crippen molar-refractivity contribution in [2.75, 3.05) is 39.5 Å². The molecule has 210 valence electrons. The van der Waals surface area contributed by atoms with E-state index in [4.69, 9.17) is 29.5 Å². The molecule has 1 aliphatic carbocycles. The maximum absolute atomic E-state index is 12.5. The van der Waals surface area contributed by atoms with Gasteiger partial charge in [0.2, 0.25) is 0 Å². The van der Waals surface area contributed by atoms with Crippen LogP contribution in [0.25, 0.3) is 0 Å². The van der Waals surface area contributed by atoms with Crippen LogP contribution >= 0.6 is 0 Å². The summed E-state index contributed by atoms with van der Waals surface area (Å²) in [5.74, 6) is -1.77. The van der Waals surface area contributed by atoms with Crippen molar-refractivity contribution in [3.63, 3.8) is 0 Å². The molecule has 0 saturated heterocycles. The number of hydrogen-bond acceptors (Lipinski definition) is 12. The van der Waals surface area contributed by atoms with E-state index in [2.05, 4.69) is 16.0 Å². The number of allylic oxidation sites excluding steroid dienone is 3. The highest BCUT2D eigenvalue weighted by molar-refractivity contribution is 5.83. The summed E-state index contributed by atoms with van der Waals surface area (Å²) in [6.07, 6.45) is 3.26. The second-order valence-electron chi connectivity index (χ2n) is 8.66. The lowest BCUT2D eigenvalue weighted by atomic mass is 10.1. The van der Waals surface area contributed by atoms with Gasteiger partial charge in [0.1, 0.15) is 18.3 Å². The molecule has 37 heavy (non-hydrogen) atoms. The predicted octanol–water partition coefficient (Wildman–Crippen LogP) is -0.247. The molecule has 6 N–H and O–H groups in total. The number of aliphatic hydroxyl groups is 3. The fourth-order valence-electron chi connectivity index (χ4n) is 3.64. The normalized spacial score (nSPS) is 20.9. The zero-order valence-corrected chi connectivity index (χ0v) is 21.8. The van der Waals surface area contributed by atoms with Gasteiger partial charge >= 0.3 is 17.9 Å². The Morgan fingerprint density at radius 3 is 1.22 bits per heavy atom. The van der Waals surface area contributed by atoms with E-state index < -0.39 is 36.2 Å². The van der Waals surface area contributed by atoms with Crippen LogP contribution in [0.3, 0.4) is 0 Å². The molecule has 0 amide bonds. The van der Waals surface area contributed by atoms with Crippen LogP contribution in [0.4, 0.5) is 0 Å². The van der Waals surface area contributed by atoms with Gasteiger partial charge in [-0.1, -0.05) is 0 Å². The second kappa shape index (κ2) is 18.2. The minimum atomic E-state index is -0.678.